The average molecular weight is 382 g/mol. The van der Waals surface area contributed by atoms with Crippen LogP contribution in [-0.4, -0.2) is 38.0 Å². The van der Waals surface area contributed by atoms with Gasteiger partial charge in [-0.3, -0.25) is 14.3 Å². The first kappa shape index (κ1) is 19.1. The van der Waals surface area contributed by atoms with Crippen LogP contribution in [0, 0.1) is 5.92 Å². The van der Waals surface area contributed by atoms with Gasteiger partial charge in [0.05, 0.1) is 12.3 Å². The van der Waals surface area contributed by atoms with Crippen molar-refractivity contribution >= 4 is 17.7 Å². The van der Waals surface area contributed by atoms with Crippen LogP contribution in [-0.2, 0) is 11.3 Å². The first-order valence-corrected chi connectivity index (χ1v) is 9.89. The van der Waals surface area contributed by atoms with Crippen molar-refractivity contribution in [2.75, 3.05) is 12.3 Å². The molecule has 2 heterocycles. The second kappa shape index (κ2) is 9.32. The fourth-order valence-corrected chi connectivity index (χ4v) is 3.28. The lowest BCUT2D eigenvalue weighted by Gasteiger charge is -2.11. The van der Waals surface area contributed by atoms with Crippen LogP contribution in [0.3, 0.4) is 0 Å². The Morgan fingerprint density at radius 3 is 2.67 bits per heavy atom. The van der Waals surface area contributed by atoms with Gasteiger partial charge in [-0.15, -0.1) is 10.2 Å². The number of nitrogens with zero attached hydrogens (tertiary/aromatic N) is 4. The minimum atomic E-state index is 0.00545. The van der Waals surface area contributed by atoms with Gasteiger partial charge in [0, 0.05) is 24.5 Å². The Balaban J connectivity index is 1.81. The number of pyridine rings is 1. The molecule has 6 nitrogen and oxygen atoms in total. The van der Waals surface area contributed by atoms with E-state index in [1.54, 1.807) is 12.4 Å². The molecule has 1 amide bonds. The number of benzene rings is 1. The average Bonchev–Trinajstić information content (AvgIpc) is 3.08. The van der Waals surface area contributed by atoms with Gasteiger partial charge in [-0.1, -0.05) is 55.9 Å². The molecular weight excluding hydrogens is 358 g/mol. The van der Waals surface area contributed by atoms with Crippen molar-refractivity contribution in [2.45, 2.75) is 25.5 Å². The van der Waals surface area contributed by atoms with Crippen LogP contribution in [0.1, 0.15) is 19.4 Å². The van der Waals surface area contributed by atoms with E-state index in [0.29, 0.717) is 24.8 Å². The van der Waals surface area contributed by atoms with E-state index in [4.69, 9.17) is 0 Å². The Morgan fingerprint density at radius 2 is 1.96 bits per heavy atom. The van der Waals surface area contributed by atoms with Gasteiger partial charge in [0.25, 0.3) is 0 Å². The monoisotopic (exact) mass is 381 g/mol. The van der Waals surface area contributed by atoms with E-state index >= 15 is 0 Å². The standard InChI is InChI=1S/C20H23N5OS/c1-15(2)11-22-18(26)14-27-20-24-23-19(17-9-6-10-21-12-17)25(20)13-16-7-4-3-5-8-16/h3-10,12,15H,11,13-14H2,1-2H3,(H,22,26). The van der Waals surface area contributed by atoms with E-state index < -0.39 is 0 Å². The number of aromatic nitrogens is 4. The summed E-state index contributed by atoms with van der Waals surface area (Å²) in [5.41, 5.74) is 2.05. The van der Waals surface area contributed by atoms with Crippen molar-refractivity contribution in [3.05, 3.63) is 60.4 Å². The quantitative estimate of drug-likeness (QED) is 0.607. The lowest BCUT2D eigenvalue weighted by atomic mass is 10.2. The molecule has 3 rings (SSSR count). The van der Waals surface area contributed by atoms with Crippen LogP contribution in [0.15, 0.2) is 60.0 Å². The summed E-state index contributed by atoms with van der Waals surface area (Å²) >= 11 is 1.40. The van der Waals surface area contributed by atoms with Gasteiger partial charge in [-0.2, -0.15) is 0 Å². The molecule has 1 aromatic carbocycles. The van der Waals surface area contributed by atoms with Gasteiger partial charge in [0.1, 0.15) is 0 Å². The zero-order valence-corrected chi connectivity index (χ0v) is 16.3. The van der Waals surface area contributed by atoms with Crippen molar-refractivity contribution in [3.63, 3.8) is 0 Å². The fourth-order valence-electron chi connectivity index (χ4n) is 2.51. The topological polar surface area (TPSA) is 72.7 Å². The minimum absolute atomic E-state index is 0.00545. The van der Waals surface area contributed by atoms with E-state index in [-0.39, 0.29) is 5.91 Å². The molecule has 140 valence electrons. The van der Waals surface area contributed by atoms with E-state index in [9.17, 15) is 4.79 Å². The highest BCUT2D eigenvalue weighted by atomic mass is 32.2. The van der Waals surface area contributed by atoms with Gasteiger partial charge in [0.15, 0.2) is 11.0 Å². The third-order valence-electron chi connectivity index (χ3n) is 3.86. The van der Waals surface area contributed by atoms with E-state index in [1.807, 2.05) is 34.9 Å². The van der Waals surface area contributed by atoms with Gasteiger partial charge < -0.3 is 5.32 Å². The Morgan fingerprint density at radius 1 is 1.15 bits per heavy atom. The Kier molecular flexibility index (Phi) is 6.59. The lowest BCUT2D eigenvalue weighted by molar-refractivity contribution is -0.118. The Hall–Kier alpha value is -2.67. The maximum absolute atomic E-state index is 12.1. The van der Waals surface area contributed by atoms with Crippen LogP contribution < -0.4 is 5.32 Å². The minimum Gasteiger partial charge on any atom is -0.355 e. The number of amides is 1. The molecule has 0 bridgehead atoms. The molecule has 0 radical (unpaired) electrons. The molecule has 0 aliphatic heterocycles. The highest BCUT2D eigenvalue weighted by molar-refractivity contribution is 7.99. The normalized spacial score (nSPS) is 10.9. The van der Waals surface area contributed by atoms with E-state index in [2.05, 4.69) is 46.5 Å². The number of carbonyl (C=O) groups excluding carboxylic acids is 1. The summed E-state index contributed by atoms with van der Waals surface area (Å²) in [5.74, 6) is 1.49. The molecule has 2 aromatic heterocycles. The highest BCUT2D eigenvalue weighted by Crippen LogP contribution is 2.24. The molecule has 1 N–H and O–H groups in total. The van der Waals surface area contributed by atoms with Crippen LogP contribution in [0.25, 0.3) is 11.4 Å². The molecule has 0 aliphatic rings. The summed E-state index contributed by atoms with van der Waals surface area (Å²) in [4.78, 5) is 16.2. The number of rotatable bonds is 8. The lowest BCUT2D eigenvalue weighted by Crippen LogP contribution is -2.28. The van der Waals surface area contributed by atoms with Gasteiger partial charge in [0.2, 0.25) is 5.91 Å². The molecule has 0 saturated heterocycles. The van der Waals surface area contributed by atoms with Crippen LogP contribution in [0.2, 0.25) is 0 Å². The van der Waals surface area contributed by atoms with Gasteiger partial charge >= 0.3 is 0 Å². The van der Waals surface area contributed by atoms with Crippen LogP contribution >= 0.6 is 11.8 Å². The SMILES string of the molecule is CC(C)CNC(=O)CSc1nnc(-c2cccnc2)n1Cc1ccccc1. The zero-order chi connectivity index (χ0) is 19.1. The molecule has 0 fully saturated rings. The van der Waals surface area contributed by atoms with Crippen molar-refractivity contribution in [1.82, 2.24) is 25.1 Å². The molecule has 7 heteroatoms. The van der Waals surface area contributed by atoms with Crippen LogP contribution in [0.4, 0.5) is 0 Å². The second-order valence-corrected chi connectivity index (χ2v) is 7.55. The molecule has 0 atom stereocenters. The third kappa shape index (κ3) is 5.40. The molecule has 0 saturated carbocycles. The fraction of sp³-hybridized carbons (Fsp3) is 0.300. The summed E-state index contributed by atoms with van der Waals surface area (Å²) in [6.45, 7) is 5.46. The number of hydrogen-bond donors (Lipinski definition) is 1. The van der Waals surface area contributed by atoms with Crippen molar-refractivity contribution in [1.29, 1.82) is 0 Å². The molecule has 27 heavy (non-hydrogen) atoms. The summed E-state index contributed by atoms with van der Waals surface area (Å²) in [6.07, 6.45) is 3.51. The number of hydrogen-bond acceptors (Lipinski definition) is 5. The molecule has 0 unspecified atom stereocenters. The smallest absolute Gasteiger partial charge is 0.230 e. The summed E-state index contributed by atoms with van der Waals surface area (Å²) in [7, 11) is 0. The summed E-state index contributed by atoms with van der Waals surface area (Å²) < 4.78 is 2.03. The van der Waals surface area contributed by atoms with Crippen molar-refractivity contribution < 1.29 is 4.79 Å². The zero-order valence-electron chi connectivity index (χ0n) is 15.5. The van der Waals surface area contributed by atoms with Crippen LogP contribution in [0.5, 0.6) is 0 Å². The first-order valence-electron chi connectivity index (χ1n) is 8.90. The maximum atomic E-state index is 12.1. The van der Waals surface area contributed by atoms with E-state index in [1.165, 1.54) is 11.8 Å². The van der Waals surface area contributed by atoms with Gasteiger partial charge in [-0.05, 0) is 23.6 Å². The molecule has 0 aliphatic carbocycles. The Bertz CT molecular complexity index is 865. The van der Waals surface area contributed by atoms with Crippen molar-refractivity contribution in [3.8, 4) is 11.4 Å². The summed E-state index contributed by atoms with van der Waals surface area (Å²) in [6, 6.07) is 14.0. The molecule has 3 aromatic rings. The predicted octanol–water partition coefficient (Wildman–Crippen LogP) is 3.25. The molecule has 0 spiro atoms. The third-order valence-corrected chi connectivity index (χ3v) is 4.83. The number of thioether (sulfide) groups is 1. The Labute approximate surface area is 163 Å². The van der Waals surface area contributed by atoms with Crippen molar-refractivity contribution in [2.24, 2.45) is 5.92 Å². The van der Waals surface area contributed by atoms with E-state index in [0.717, 1.165) is 22.1 Å². The van der Waals surface area contributed by atoms with Gasteiger partial charge in [-0.25, -0.2) is 0 Å². The predicted molar refractivity (Wildman–Crippen MR) is 107 cm³/mol. The maximum Gasteiger partial charge on any atom is 0.230 e. The second-order valence-electron chi connectivity index (χ2n) is 6.61. The number of nitrogens with one attached hydrogen (secondary N) is 1. The first-order chi connectivity index (χ1) is 13.1. The highest BCUT2D eigenvalue weighted by Gasteiger charge is 2.16. The molecular formula is C20H23N5OS. The number of carbonyl (C=O) groups is 1. The largest absolute Gasteiger partial charge is 0.355 e. The summed E-state index contributed by atoms with van der Waals surface area (Å²) in [5, 5.41) is 12.3.